The molecular weight excluding hydrogens is 323 g/mol. The molecule has 0 saturated carbocycles. The van der Waals surface area contributed by atoms with Crippen LogP contribution in [0.1, 0.15) is 25.2 Å². The number of aryl methyl sites for hydroxylation is 2. The van der Waals surface area contributed by atoms with Crippen LogP contribution in [-0.2, 0) is 20.1 Å². The van der Waals surface area contributed by atoms with Crippen molar-refractivity contribution >= 4 is 23.3 Å². The highest BCUT2D eigenvalue weighted by atomic mass is 19.1. The zero-order valence-electron chi connectivity index (χ0n) is 14.4. The monoisotopic (exact) mass is 342 g/mol. The Morgan fingerprint density at radius 2 is 1.76 bits per heavy atom. The number of imidazole rings is 1. The molecule has 0 unspecified atom stereocenters. The quantitative estimate of drug-likeness (QED) is 0.730. The van der Waals surface area contributed by atoms with E-state index >= 15 is 0 Å². The number of halogens is 1. The van der Waals surface area contributed by atoms with Crippen LogP contribution in [0.4, 0.5) is 4.39 Å². The first kappa shape index (κ1) is 16.9. The van der Waals surface area contributed by atoms with Crippen LogP contribution < -0.4 is 11.2 Å². The summed E-state index contributed by atoms with van der Waals surface area (Å²) >= 11 is 0. The Labute approximate surface area is 143 Å². The van der Waals surface area contributed by atoms with Gasteiger partial charge in [-0.15, -0.1) is 0 Å². The number of hydrogen-bond acceptors (Lipinski definition) is 3. The molecule has 0 radical (unpaired) electrons. The first-order chi connectivity index (χ1) is 12.0. The average molecular weight is 342 g/mol. The van der Waals surface area contributed by atoms with Gasteiger partial charge in [-0.3, -0.25) is 13.9 Å². The van der Waals surface area contributed by atoms with E-state index in [1.165, 1.54) is 15.2 Å². The summed E-state index contributed by atoms with van der Waals surface area (Å²) in [6, 6.07) is 6.39. The third-order valence-electron chi connectivity index (χ3n) is 4.23. The lowest BCUT2D eigenvalue weighted by atomic mass is 10.2. The summed E-state index contributed by atoms with van der Waals surface area (Å²) in [4.78, 5) is 29.5. The van der Waals surface area contributed by atoms with Gasteiger partial charge in [0.1, 0.15) is 11.6 Å². The highest BCUT2D eigenvalue weighted by Gasteiger charge is 2.17. The Morgan fingerprint density at radius 3 is 2.40 bits per heavy atom. The number of benzene rings is 1. The Bertz CT molecular complexity index is 1090. The number of fused-ring (bicyclic) bond motifs is 1. The zero-order chi connectivity index (χ0) is 18.1. The molecule has 2 heterocycles. The van der Waals surface area contributed by atoms with E-state index in [4.69, 9.17) is 0 Å². The summed E-state index contributed by atoms with van der Waals surface area (Å²) in [6.45, 7) is 4.28. The van der Waals surface area contributed by atoms with Crippen molar-refractivity contribution in [3.63, 3.8) is 0 Å². The number of aromatic nitrogens is 4. The smallest absolute Gasteiger partial charge is 0.322 e. The predicted octanol–water partition coefficient (Wildman–Crippen LogP) is 2.25. The van der Waals surface area contributed by atoms with Crippen LogP contribution in [0, 0.1) is 5.82 Å². The van der Waals surface area contributed by atoms with Gasteiger partial charge in [-0.2, -0.15) is 0 Å². The van der Waals surface area contributed by atoms with E-state index in [2.05, 4.69) is 4.98 Å². The van der Waals surface area contributed by atoms with Gasteiger partial charge in [0.25, 0.3) is 5.56 Å². The lowest BCUT2D eigenvalue weighted by molar-refractivity contribution is 0.604. The molecule has 25 heavy (non-hydrogen) atoms. The summed E-state index contributed by atoms with van der Waals surface area (Å²) in [5.74, 6) is 0.141. The number of hydrogen-bond donors (Lipinski definition) is 0. The maximum atomic E-state index is 13.8. The molecule has 0 bridgehead atoms. The third kappa shape index (κ3) is 2.71. The average Bonchev–Trinajstić information content (AvgIpc) is 2.92. The number of nitrogens with zero attached hydrogens (tertiary/aromatic N) is 4. The zero-order valence-corrected chi connectivity index (χ0v) is 14.4. The van der Waals surface area contributed by atoms with Crippen molar-refractivity contribution in [2.45, 2.75) is 26.9 Å². The van der Waals surface area contributed by atoms with Gasteiger partial charge in [-0.25, -0.2) is 14.2 Å². The fourth-order valence-corrected chi connectivity index (χ4v) is 2.87. The molecule has 3 aromatic rings. The maximum absolute atomic E-state index is 13.8. The van der Waals surface area contributed by atoms with Crippen LogP contribution in [-0.4, -0.2) is 18.7 Å². The summed E-state index contributed by atoms with van der Waals surface area (Å²) in [6.07, 6.45) is 3.24. The van der Waals surface area contributed by atoms with Gasteiger partial charge in [0.2, 0.25) is 0 Å². The fraction of sp³-hybridized carbons (Fsp3) is 0.278. The minimum absolute atomic E-state index is 0.291. The Morgan fingerprint density at radius 1 is 1.08 bits per heavy atom. The van der Waals surface area contributed by atoms with Crippen molar-refractivity contribution in [2.24, 2.45) is 7.05 Å². The van der Waals surface area contributed by atoms with E-state index in [1.807, 2.05) is 6.92 Å². The molecule has 2 aromatic heterocycles. The van der Waals surface area contributed by atoms with E-state index in [-0.39, 0.29) is 17.1 Å². The van der Waals surface area contributed by atoms with Gasteiger partial charge in [-0.05, 0) is 32.1 Å². The van der Waals surface area contributed by atoms with Gasteiger partial charge < -0.3 is 4.57 Å². The summed E-state index contributed by atoms with van der Waals surface area (Å²) in [5, 5.41) is 0. The first-order valence-corrected chi connectivity index (χ1v) is 8.12. The molecule has 7 heteroatoms. The number of rotatable bonds is 4. The van der Waals surface area contributed by atoms with Crippen LogP contribution >= 0.6 is 0 Å². The highest BCUT2D eigenvalue weighted by molar-refractivity contribution is 5.76. The van der Waals surface area contributed by atoms with E-state index in [0.29, 0.717) is 35.6 Å². The van der Waals surface area contributed by atoms with E-state index < -0.39 is 0 Å². The van der Waals surface area contributed by atoms with E-state index in [9.17, 15) is 14.0 Å². The van der Waals surface area contributed by atoms with Crippen LogP contribution in [0.15, 0.2) is 33.9 Å². The van der Waals surface area contributed by atoms with Crippen molar-refractivity contribution in [3.8, 4) is 0 Å². The van der Waals surface area contributed by atoms with Gasteiger partial charge in [-0.1, -0.05) is 18.2 Å². The van der Waals surface area contributed by atoms with Crippen LogP contribution in [0.2, 0.25) is 0 Å². The topological polar surface area (TPSA) is 61.8 Å². The predicted molar refractivity (Wildman–Crippen MR) is 95.9 cm³/mol. The van der Waals surface area contributed by atoms with Crippen molar-refractivity contribution in [3.05, 3.63) is 62.3 Å². The molecule has 0 saturated heterocycles. The van der Waals surface area contributed by atoms with Gasteiger partial charge in [0.15, 0.2) is 11.2 Å². The standard InChI is InChI=1S/C18H19FN4O2/c1-4-22-16-15(17(24)23(5-2)18(22)25)21(3)14(20-16)11-10-12-8-6-7-9-13(12)19/h6-11H,4-5H2,1-3H3. The second-order valence-electron chi connectivity index (χ2n) is 5.63. The van der Waals surface area contributed by atoms with Gasteiger partial charge in [0, 0.05) is 25.7 Å². The van der Waals surface area contributed by atoms with E-state index in [1.54, 1.807) is 48.9 Å². The molecule has 0 N–H and O–H groups in total. The SMILES string of the molecule is CCn1c(=O)c2c(nc(C=Cc3ccccc3F)n2C)n(CC)c1=O. The minimum Gasteiger partial charge on any atom is -0.322 e. The second kappa shape index (κ2) is 6.51. The Kier molecular flexibility index (Phi) is 4.39. The van der Waals surface area contributed by atoms with Crippen molar-refractivity contribution in [1.29, 1.82) is 0 Å². The van der Waals surface area contributed by atoms with Crippen LogP contribution in [0.25, 0.3) is 23.3 Å². The summed E-state index contributed by atoms with van der Waals surface area (Å²) in [7, 11) is 1.71. The lowest BCUT2D eigenvalue weighted by Crippen LogP contribution is -2.39. The van der Waals surface area contributed by atoms with Crippen molar-refractivity contribution < 1.29 is 4.39 Å². The molecule has 0 fully saturated rings. The normalized spacial score (nSPS) is 11.7. The molecule has 0 spiro atoms. The largest absolute Gasteiger partial charge is 0.332 e. The lowest BCUT2D eigenvalue weighted by Gasteiger charge is -2.08. The highest BCUT2D eigenvalue weighted by Crippen LogP contribution is 2.14. The molecule has 130 valence electrons. The molecule has 0 aliphatic rings. The molecular formula is C18H19FN4O2. The molecule has 0 atom stereocenters. The Hall–Kier alpha value is -2.96. The molecule has 0 aliphatic heterocycles. The molecule has 3 rings (SSSR count). The van der Waals surface area contributed by atoms with Crippen LogP contribution in [0.3, 0.4) is 0 Å². The maximum Gasteiger partial charge on any atom is 0.332 e. The van der Waals surface area contributed by atoms with Gasteiger partial charge in [0.05, 0.1) is 0 Å². The minimum atomic E-state index is -0.370. The first-order valence-electron chi connectivity index (χ1n) is 8.12. The Balaban J connectivity index is 2.24. The van der Waals surface area contributed by atoms with Gasteiger partial charge >= 0.3 is 5.69 Å². The summed E-state index contributed by atoms with van der Waals surface area (Å²) < 4.78 is 18.1. The molecule has 0 aliphatic carbocycles. The molecule has 0 amide bonds. The second-order valence-corrected chi connectivity index (χ2v) is 5.63. The fourth-order valence-electron chi connectivity index (χ4n) is 2.87. The molecule has 6 nitrogen and oxygen atoms in total. The summed E-state index contributed by atoms with van der Waals surface area (Å²) in [5.41, 5.74) is 0.390. The molecule has 1 aromatic carbocycles. The van der Waals surface area contributed by atoms with Crippen LogP contribution in [0.5, 0.6) is 0 Å². The van der Waals surface area contributed by atoms with Crippen molar-refractivity contribution in [1.82, 2.24) is 18.7 Å². The van der Waals surface area contributed by atoms with Crippen molar-refractivity contribution in [2.75, 3.05) is 0 Å². The van der Waals surface area contributed by atoms with E-state index in [0.717, 1.165) is 0 Å². The third-order valence-corrected chi connectivity index (χ3v) is 4.23.